The number of amides is 2. The normalized spacial score (nSPS) is 10.6. The van der Waals surface area contributed by atoms with Gasteiger partial charge in [-0.2, -0.15) is 5.10 Å². The number of nitrogens with one attached hydrogen (secondary N) is 2. The van der Waals surface area contributed by atoms with E-state index in [0.717, 1.165) is 9.99 Å². The van der Waals surface area contributed by atoms with E-state index in [1.165, 1.54) is 6.21 Å². The molecule has 0 atom stereocenters. The molecule has 35 heavy (non-hydrogen) atoms. The molecule has 8 nitrogen and oxygen atoms in total. The largest absolute Gasteiger partial charge is 0.494 e. The summed E-state index contributed by atoms with van der Waals surface area (Å²) in [5.74, 6) is -0.196. The van der Waals surface area contributed by atoms with Crippen LogP contribution in [0.1, 0.15) is 39.6 Å². The highest BCUT2D eigenvalue weighted by Crippen LogP contribution is 2.16. The van der Waals surface area contributed by atoms with E-state index in [1.54, 1.807) is 60.7 Å². The number of rotatable bonds is 10. The maximum Gasteiger partial charge on any atom is 0.343 e. The van der Waals surface area contributed by atoms with Crippen molar-refractivity contribution in [3.63, 3.8) is 0 Å². The molecule has 0 radical (unpaired) electrons. The van der Waals surface area contributed by atoms with Crippen LogP contribution in [0.25, 0.3) is 0 Å². The lowest BCUT2D eigenvalue weighted by atomic mass is 10.2. The lowest BCUT2D eigenvalue weighted by Crippen LogP contribution is -2.35. The van der Waals surface area contributed by atoms with Crippen molar-refractivity contribution in [1.82, 2.24) is 10.7 Å². The van der Waals surface area contributed by atoms with Crippen LogP contribution in [0.2, 0.25) is 0 Å². The Hall–Kier alpha value is -3.73. The van der Waals surface area contributed by atoms with Gasteiger partial charge in [-0.15, -0.1) is 0 Å². The van der Waals surface area contributed by atoms with E-state index in [4.69, 9.17) is 9.47 Å². The minimum absolute atomic E-state index is 0.207. The number of benzene rings is 3. The molecule has 9 heteroatoms. The fraction of sp³-hybridized carbons (Fsp3) is 0.154. The lowest BCUT2D eigenvalue weighted by molar-refractivity contribution is -0.120. The molecule has 3 aromatic carbocycles. The van der Waals surface area contributed by atoms with Gasteiger partial charge in [0, 0.05) is 3.57 Å². The number of hydrazone groups is 1. The van der Waals surface area contributed by atoms with Crippen LogP contribution >= 0.6 is 22.6 Å². The van der Waals surface area contributed by atoms with E-state index < -0.39 is 11.9 Å². The Kier molecular flexibility index (Phi) is 9.79. The van der Waals surface area contributed by atoms with Gasteiger partial charge in [0.15, 0.2) is 0 Å². The molecule has 0 aliphatic heterocycles. The fourth-order valence-electron chi connectivity index (χ4n) is 2.81. The number of hydrogen-bond acceptors (Lipinski definition) is 6. The van der Waals surface area contributed by atoms with E-state index in [-0.39, 0.29) is 12.5 Å². The van der Waals surface area contributed by atoms with Gasteiger partial charge in [0.25, 0.3) is 11.8 Å². The van der Waals surface area contributed by atoms with Gasteiger partial charge in [0.1, 0.15) is 11.5 Å². The molecule has 180 valence electrons. The maximum absolute atomic E-state index is 12.3. The number of carbonyl (C=O) groups excluding carboxylic acids is 3. The Balaban J connectivity index is 1.44. The summed E-state index contributed by atoms with van der Waals surface area (Å²) in [6.45, 7) is 2.43. The molecular weight excluding hydrogens is 561 g/mol. The average Bonchev–Trinajstić information content (AvgIpc) is 2.87. The lowest BCUT2D eigenvalue weighted by Gasteiger charge is -2.07. The van der Waals surface area contributed by atoms with E-state index in [9.17, 15) is 14.4 Å². The highest BCUT2D eigenvalue weighted by molar-refractivity contribution is 14.1. The summed E-state index contributed by atoms with van der Waals surface area (Å²) in [5.41, 5.74) is 3.96. The van der Waals surface area contributed by atoms with Gasteiger partial charge in [0.05, 0.1) is 30.5 Å². The van der Waals surface area contributed by atoms with Crippen molar-refractivity contribution < 1.29 is 23.9 Å². The number of carbonyl (C=O) groups is 3. The molecule has 0 saturated carbocycles. The summed E-state index contributed by atoms with van der Waals surface area (Å²) in [4.78, 5) is 36.4. The first-order valence-corrected chi connectivity index (χ1v) is 11.9. The van der Waals surface area contributed by atoms with Crippen LogP contribution in [-0.4, -0.2) is 37.1 Å². The predicted octanol–water partition coefficient (Wildman–Crippen LogP) is 4.18. The first-order valence-electron chi connectivity index (χ1n) is 10.9. The molecule has 3 rings (SSSR count). The van der Waals surface area contributed by atoms with Crippen LogP contribution in [0.15, 0.2) is 77.9 Å². The van der Waals surface area contributed by atoms with Crippen LogP contribution in [0, 0.1) is 3.57 Å². The van der Waals surface area contributed by atoms with Gasteiger partial charge in [-0.05, 0) is 95.2 Å². The van der Waals surface area contributed by atoms with Gasteiger partial charge in [-0.25, -0.2) is 10.2 Å². The van der Waals surface area contributed by atoms with Gasteiger partial charge >= 0.3 is 5.97 Å². The van der Waals surface area contributed by atoms with Crippen molar-refractivity contribution in [2.45, 2.75) is 13.3 Å². The standard InChI is InChI=1S/C26H24IN3O5/c1-2-15-34-20-13-9-19(10-14-20)26(33)35-21-11-7-18(8-12-21)16-29-30-24(31)17-28-25(32)22-5-3-4-6-23(22)27/h3-14,16H,2,15,17H2,1H3,(H,28,32)(H,30,31)/b29-16+. The van der Waals surface area contributed by atoms with E-state index >= 15 is 0 Å². The fourth-order valence-corrected chi connectivity index (χ4v) is 3.45. The molecule has 2 amide bonds. The van der Waals surface area contributed by atoms with Gasteiger partial charge in [-0.3, -0.25) is 9.59 Å². The van der Waals surface area contributed by atoms with Gasteiger partial charge < -0.3 is 14.8 Å². The highest BCUT2D eigenvalue weighted by atomic mass is 127. The van der Waals surface area contributed by atoms with E-state index in [2.05, 4.69) is 38.4 Å². The Morgan fingerprint density at radius 3 is 2.31 bits per heavy atom. The van der Waals surface area contributed by atoms with Crippen molar-refractivity contribution in [2.24, 2.45) is 5.10 Å². The number of nitrogens with zero attached hydrogens (tertiary/aromatic N) is 1. The number of halogens is 1. The minimum atomic E-state index is -0.479. The summed E-state index contributed by atoms with van der Waals surface area (Å²) in [5, 5.41) is 6.43. The van der Waals surface area contributed by atoms with Crippen LogP contribution in [0.5, 0.6) is 11.5 Å². The molecule has 2 N–H and O–H groups in total. The second-order valence-electron chi connectivity index (χ2n) is 7.29. The molecule has 0 aromatic heterocycles. The third-order valence-corrected chi connectivity index (χ3v) is 5.53. The Morgan fingerprint density at radius 2 is 1.63 bits per heavy atom. The Morgan fingerprint density at radius 1 is 0.943 bits per heavy atom. The summed E-state index contributed by atoms with van der Waals surface area (Å²) in [6, 6.07) is 20.5. The molecule has 0 unspecified atom stereocenters. The zero-order valence-corrected chi connectivity index (χ0v) is 21.2. The molecule has 0 saturated heterocycles. The average molecular weight is 585 g/mol. The molecule has 0 bridgehead atoms. The van der Waals surface area contributed by atoms with Crippen LogP contribution < -0.4 is 20.2 Å². The topological polar surface area (TPSA) is 106 Å². The molecule has 0 aliphatic carbocycles. The SMILES string of the molecule is CCCOc1ccc(C(=O)Oc2ccc(/C=N/NC(=O)CNC(=O)c3ccccc3I)cc2)cc1. The molecule has 0 fully saturated rings. The zero-order chi connectivity index (χ0) is 25.0. The van der Waals surface area contributed by atoms with Crippen LogP contribution in [-0.2, 0) is 4.79 Å². The van der Waals surface area contributed by atoms with Gasteiger partial charge in [-0.1, -0.05) is 19.1 Å². The number of esters is 1. The van der Waals surface area contributed by atoms with Crippen molar-refractivity contribution >= 4 is 46.6 Å². The third kappa shape index (κ3) is 8.21. The summed E-state index contributed by atoms with van der Waals surface area (Å²) in [6.07, 6.45) is 2.35. The Bertz CT molecular complexity index is 1190. The van der Waals surface area contributed by atoms with Crippen LogP contribution in [0.3, 0.4) is 0 Å². The predicted molar refractivity (Wildman–Crippen MR) is 141 cm³/mol. The molecule has 0 heterocycles. The Labute approximate surface area is 216 Å². The smallest absolute Gasteiger partial charge is 0.343 e. The monoisotopic (exact) mass is 585 g/mol. The first kappa shape index (κ1) is 25.9. The summed E-state index contributed by atoms with van der Waals surface area (Å²) < 4.78 is 11.7. The maximum atomic E-state index is 12.3. The first-order chi connectivity index (χ1) is 17.0. The van der Waals surface area contributed by atoms with Crippen LogP contribution in [0.4, 0.5) is 0 Å². The van der Waals surface area contributed by atoms with Crippen molar-refractivity contribution in [3.05, 3.63) is 93.1 Å². The van der Waals surface area contributed by atoms with Crippen molar-refractivity contribution in [2.75, 3.05) is 13.2 Å². The van der Waals surface area contributed by atoms with Gasteiger partial charge in [0.2, 0.25) is 0 Å². The summed E-state index contributed by atoms with van der Waals surface area (Å²) in [7, 11) is 0. The second-order valence-corrected chi connectivity index (χ2v) is 8.45. The quantitative estimate of drug-likeness (QED) is 0.122. The number of ether oxygens (including phenoxy) is 2. The molecule has 3 aromatic rings. The van der Waals surface area contributed by atoms with Crippen molar-refractivity contribution in [1.29, 1.82) is 0 Å². The molecule has 0 spiro atoms. The zero-order valence-electron chi connectivity index (χ0n) is 19.0. The molecular formula is C26H24IN3O5. The number of hydrogen-bond donors (Lipinski definition) is 2. The molecule has 0 aliphatic rings. The second kappa shape index (κ2) is 13.2. The van der Waals surface area contributed by atoms with E-state index in [1.807, 2.05) is 19.1 Å². The third-order valence-electron chi connectivity index (χ3n) is 4.58. The summed E-state index contributed by atoms with van der Waals surface area (Å²) >= 11 is 2.06. The van der Waals surface area contributed by atoms with E-state index in [0.29, 0.717) is 34.8 Å². The minimum Gasteiger partial charge on any atom is -0.494 e. The highest BCUT2D eigenvalue weighted by Gasteiger charge is 2.11. The van der Waals surface area contributed by atoms with Crippen molar-refractivity contribution in [3.8, 4) is 11.5 Å².